The fourth-order valence-electron chi connectivity index (χ4n) is 3.48. The third-order valence-corrected chi connectivity index (χ3v) is 4.91. The molecule has 1 aliphatic heterocycles. The first-order chi connectivity index (χ1) is 13.3. The van der Waals surface area contributed by atoms with Crippen molar-refractivity contribution in [2.24, 2.45) is 5.92 Å². The molecule has 150 valence electrons. The van der Waals surface area contributed by atoms with Crippen LogP contribution in [0.4, 0.5) is 13.2 Å². The predicted octanol–water partition coefficient (Wildman–Crippen LogP) is 4.38. The first-order valence-electron chi connectivity index (χ1n) is 9.25. The van der Waals surface area contributed by atoms with Crippen molar-refractivity contribution in [1.29, 1.82) is 0 Å². The molecule has 1 saturated heterocycles. The van der Waals surface area contributed by atoms with Crippen LogP contribution in [-0.2, 0) is 12.6 Å². The lowest BCUT2D eigenvalue weighted by Crippen LogP contribution is -2.42. The second-order valence-corrected chi connectivity index (χ2v) is 6.95. The van der Waals surface area contributed by atoms with Gasteiger partial charge in [-0.05, 0) is 31.4 Å². The molecule has 0 bridgehead atoms. The molecule has 0 spiro atoms. The monoisotopic (exact) mass is 394 g/mol. The van der Waals surface area contributed by atoms with E-state index in [2.05, 4.69) is 5.16 Å². The van der Waals surface area contributed by atoms with Crippen LogP contribution in [0.25, 0.3) is 0 Å². The Labute approximate surface area is 160 Å². The Morgan fingerprint density at radius 3 is 2.82 bits per heavy atom. The van der Waals surface area contributed by atoms with Gasteiger partial charge in [0.05, 0.1) is 11.8 Å². The summed E-state index contributed by atoms with van der Waals surface area (Å²) >= 11 is 0. The molecule has 0 saturated carbocycles. The summed E-state index contributed by atoms with van der Waals surface area (Å²) < 4.78 is 43.9. The van der Waals surface area contributed by atoms with E-state index in [9.17, 15) is 22.8 Å². The highest BCUT2D eigenvalue weighted by molar-refractivity contribution is 5.99. The minimum Gasteiger partial charge on any atom is -0.361 e. The minimum atomic E-state index is -4.51. The Kier molecular flexibility index (Phi) is 5.86. The van der Waals surface area contributed by atoms with E-state index in [1.807, 2.05) is 6.92 Å². The molecule has 5 nitrogen and oxygen atoms in total. The number of carbonyl (C=O) groups is 2. The van der Waals surface area contributed by atoms with Crippen LogP contribution in [0.3, 0.4) is 0 Å². The number of benzene rings is 1. The molecule has 8 heteroatoms. The van der Waals surface area contributed by atoms with Crippen LogP contribution in [0.2, 0.25) is 0 Å². The summed E-state index contributed by atoms with van der Waals surface area (Å²) in [6, 6.07) is 4.44. The van der Waals surface area contributed by atoms with Gasteiger partial charge in [0, 0.05) is 31.0 Å². The molecule has 1 aromatic heterocycles. The summed E-state index contributed by atoms with van der Waals surface area (Å²) in [5.74, 6) is -0.650. The van der Waals surface area contributed by atoms with Gasteiger partial charge in [0.15, 0.2) is 5.78 Å². The SMILES string of the molecule is CCCc1oncc1C(=O)N1CCC[C@H](C(=O)c2cccc(C(F)(F)F)c2)C1. The molecule has 1 aliphatic rings. The van der Waals surface area contributed by atoms with Crippen molar-refractivity contribution < 1.29 is 27.3 Å². The van der Waals surface area contributed by atoms with Crippen LogP contribution < -0.4 is 0 Å². The molecule has 1 fully saturated rings. The molecular weight excluding hydrogens is 373 g/mol. The van der Waals surface area contributed by atoms with E-state index in [1.54, 1.807) is 4.90 Å². The van der Waals surface area contributed by atoms with E-state index in [0.717, 1.165) is 18.6 Å². The molecule has 1 atom stereocenters. The number of aromatic nitrogens is 1. The number of hydrogen-bond donors (Lipinski definition) is 0. The van der Waals surface area contributed by atoms with Crippen molar-refractivity contribution in [2.75, 3.05) is 13.1 Å². The Balaban J connectivity index is 1.75. The Morgan fingerprint density at radius 2 is 2.11 bits per heavy atom. The number of likely N-dealkylation sites (tertiary alicyclic amines) is 1. The number of halogens is 3. The number of carbonyl (C=O) groups excluding carboxylic acids is 2. The summed E-state index contributed by atoms with van der Waals surface area (Å²) in [5, 5.41) is 3.70. The largest absolute Gasteiger partial charge is 0.416 e. The highest BCUT2D eigenvalue weighted by Gasteiger charge is 2.34. The Hall–Kier alpha value is -2.64. The van der Waals surface area contributed by atoms with E-state index in [0.29, 0.717) is 37.1 Å². The molecule has 1 aromatic carbocycles. The zero-order valence-electron chi connectivity index (χ0n) is 15.5. The van der Waals surface area contributed by atoms with E-state index in [4.69, 9.17) is 4.52 Å². The maximum atomic E-state index is 12.9. The van der Waals surface area contributed by atoms with E-state index in [-0.39, 0.29) is 23.8 Å². The molecule has 0 unspecified atom stereocenters. The summed E-state index contributed by atoms with van der Waals surface area (Å²) in [6.07, 6.45) is -0.603. The number of amides is 1. The second kappa shape index (κ2) is 8.16. The molecular formula is C20H21F3N2O3. The van der Waals surface area contributed by atoms with Gasteiger partial charge < -0.3 is 9.42 Å². The van der Waals surface area contributed by atoms with Crippen LogP contribution in [0.15, 0.2) is 35.0 Å². The number of ketones is 1. The summed E-state index contributed by atoms with van der Waals surface area (Å²) in [6.45, 7) is 2.62. The third-order valence-electron chi connectivity index (χ3n) is 4.91. The summed E-state index contributed by atoms with van der Waals surface area (Å²) in [5.41, 5.74) is -0.449. The maximum absolute atomic E-state index is 12.9. The lowest BCUT2D eigenvalue weighted by Gasteiger charge is -2.32. The lowest BCUT2D eigenvalue weighted by molar-refractivity contribution is -0.137. The number of hydrogen-bond acceptors (Lipinski definition) is 4. The zero-order valence-corrected chi connectivity index (χ0v) is 15.5. The van der Waals surface area contributed by atoms with Gasteiger partial charge in [0.1, 0.15) is 11.3 Å². The molecule has 2 aromatic rings. The molecule has 2 heterocycles. The smallest absolute Gasteiger partial charge is 0.361 e. The second-order valence-electron chi connectivity index (χ2n) is 6.95. The average molecular weight is 394 g/mol. The molecule has 1 amide bonds. The number of piperidine rings is 1. The molecule has 0 radical (unpaired) electrons. The van der Waals surface area contributed by atoms with Gasteiger partial charge in [-0.2, -0.15) is 13.2 Å². The maximum Gasteiger partial charge on any atom is 0.416 e. The fourth-order valence-corrected chi connectivity index (χ4v) is 3.48. The fraction of sp³-hybridized carbons (Fsp3) is 0.450. The molecule has 28 heavy (non-hydrogen) atoms. The zero-order chi connectivity index (χ0) is 20.3. The minimum absolute atomic E-state index is 0.0192. The van der Waals surface area contributed by atoms with Crippen LogP contribution >= 0.6 is 0 Å². The molecule has 0 aliphatic carbocycles. The highest BCUT2D eigenvalue weighted by atomic mass is 19.4. The van der Waals surface area contributed by atoms with Crippen LogP contribution in [0.1, 0.15) is 58.2 Å². The topological polar surface area (TPSA) is 63.4 Å². The van der Waals surface area contributed by atoms with E-state index < -0.39 is 17.7 Å². The first-order valence-corrected chi connectivity index (χ1v) is 9.25. The van der Waals surface area contributed by atoms with E-state index in [1.165, 1.54) is 18.3 Å². The van der Waals surface area contributed by atoms with Gasteiger partial charge >= 0.3 is 6.18 Å². The standard InChI is InChI=1S/C20H21F3N2O3/c1-2-5-17-16(11-24-28-17)19(27)25-9-4-7-14(12-25)18(26)13-6-3-8-15(10-13)20(21,22)23/h3,6,8,10-11,14H,2,4-5,7,9,12H2,1H3/t14-/m0/s1. The van der Waals surface area contributed by atoms with E-state index >= 15 is 0 Å². The van der Waals surface area contributed by atoms with Crippen molar-refractivity contribution in [3.05, 3.63) is 52.9 Å². The molecule has 3 rings (SSSR count). The van der Waals surface area contributed by atoms with Gasteiger partial charge in [-0.3, -0.25) is 9.59 Å². The van der Waals surface area contributed by atoms with Crippen molar-refractivity contribution in [3.63, 3.8) is 0 Å². The van der Waals surface area contributed by atoms with Crippen LogP contribution in [0.5, 0.6) is 0 Å². The quantitative estimate of drug-likeness (QED) is 0.706. The van der Waals surface area contributed by atoms with Gasteiger partial charge in [0.25, 0.3) is 5.91 Å². The van der Waals surface area contributed by atoms with Crippen molar-refractivity contribution in [3.8, 4) is 0 Å². The number of aryl methyl sites for hydroxylation is 1. The number of rotatable bonds is 5. The number of alkyl halides is 3. The van der Waals surface area contributed by atoms with Crippen molar-refractivity contribution in [1.82, 2.24) is 10.1 Å². The normalized spacial score (nSPS) is 17.6. The lowest BCUT2D eigenvalue weighted by atomic mass is 9.89. The summed E-state index contributed by atoms with van der Waals surface area (Å²) in [4.78, 5) is 27.1. The Bertz CT molecular complexity index is 860. The van der Waals surface area contributed by atoms with Gasteiger partial charge in [-0.25, -0.2) is 0 Å². The predicted molar refractivity (Wildman–Crippen MR) is 94.9 cm³/mol. The first kappa shape index (κ1) is 20.1. The Morgan fingerprint density at radius 1 is 1.32 bits per heavy atom. The van der Waals surface area contributed by atoms with Gasteiger partial charge in [-0.1, -0.05) is 24.2 Å². The van der Waals surface area contributed by atoms with Crippen molar-refractivity contribution in [2.45, 2.75) is 38.8 Å². The van der Waals surface area contributed by atoms with Crippen LogP contribution in [-0.4, -0.2) is 34.8 Å². The molecule has 0 N–H and O–H groups in total. The van der Waals surface area contributed by atoms with Crippen molar-refractivity contribution >= 4 is 11.7 Å². The average Bonchev–Trinajstić information content (AvgIpc) is 3.15. The third kappa shape index (κ3) is 4.26. The van der Waals surface area contributed by atoms with Gasteiger partial charge in [0.2, 0.25) is 0 Å². The van der Waals surface area contributed by atoms with Crippen LogP contribution in [0, 0.1) is 5.92 Å². The number of Topliss-reactive ketones (excluding diaryl/α,β-unsaturated/α-hetero) is 1. The summed E-state index contributed by atoms with van der Waals surface area (Å²) in [7, 11) is 0. The van der Waals surface area contributed by atoms with Gasteiger partial charge in [-0.15, -0.1) is 0 Å². The number of nitrogens with zero attached hydrogens (tertiary/aromatic N) is 2. The highest BCUT2D eigenvalue weighted by Crippen LogP contribution is 2.31.